The maximum atomic E-state index is 11.3. The highest BCUT2D eigenvalue weighted by atomic mass is 35.5. The van der Waals surface area contributed by atoms with Crippen LogP contribution in [-0.2, 0) is 9.59 Å². The molecule has 1 rings (SSSR count). The number of carbonyl (C=O) groups excluding carboxylic acids is 2. The topological polar surface area (TPSA) is 93.4 Å². The minimum Gasteiger partial charge on any atom is -0.495 e. The van der Waals surface area contributed by atoms with E-state index in [0.29, 0.717) is 16.5 Å². The van der Waals surface area contributed by atoms with E-state index >= 15 is 0 Å². The van der Waals surface area contributed by atoms with Gasteiger partial charge in [0.2, 0.25) is 0 Å². The van der Waals surface area contributed by atoms with Crippen molar-refractivity contribution in [2.45, 2.75) is 6.92 Å². The van der Waals surface area contributed by atoms with Gasteiger partial charge >= 0.3 is 11.8 Å². The first-order chi connectivity index (χ1) is 7.99. The number of ether oxygens (including phenoxy) is 1. The third-order valence-corrected chi connectivity index (χ3v) is 2.47. The van der Waals surface area contributed by atoms with E-state index in [0.717, 1.165) is 5.56 Å². The van der Waals surface area contributed by atoms with Gasteiger partial charge in [0.05, 0.1) is 12.8 Å². The number of rotatable bonds is 2. The van der Waals surface area contributed by atoms with Crippen molar-refractivity contribution in [2.75, 3.05) is 12.4 Å². The fraction of sp³-hybridized carbons (Fsp3) is 0.200. The minimum atomic E-state index is -0.945. The van der Waals surface area contributed by atoms with Crippen molar-refractivity contribution >= 4 is 29.1 Å². The van der Waals surface area contributed by atoms with Crippen LogP contribution in [0.3, 0.4) is 0 Å². The summed E-state index contributed by atoms with van der Waals surface area (Å²) in [6.07, 6.45) is 0. The standard InChI is InChI=1S/C10H12ClN3O3/c1-5-3-7(8(17-2)4-6(5)11)13-9(15)10(16)14-12/h3-4H,12H2,1-2H3,(H,13,15)(H,14,16). The van der Waals surface area contributed by atoms with E-state index in [2.05, 4.69) is 5.32 Å². The molecule has 17 heavy (non-hydrogen) atoms. The summed E-state index contributed by atoms with van der Waals surface area (Å²) in [5, 5.41) is 2.87. The van der Waals surface area contributed by atoms with E-state index in [1.807, 2.05) is 0 Å². The van der Waals surface area contributed by atoms with Crippen molar-refractivity contribution in [1.29, 1.82) is 0 Å². The van der Waals surface area contributed by atoms with Crippen molar-refractivity contribution in [3.05, 3.63) is 22.7 Å². The molecule has 0 saturated heterocycles. The molecule has 0 radical (unpaired) electrons. The van der Waals surface area contributed by atoms with Crippen molar-refractivity contribution in [1.82, 2.24) is 5.43 Å². The van der Waals surface area contributed by atoms with Gasteiger partial charge in [-0.3, -0.25) is 15.0 Å². The maximum Gasteiger partial charge on any atom is 0.323 e. The molecule has 0 atom stereocenters. The van der Waals surface area contributed by atoms with Gasteiger partial charge in [0.1, 0.15) is 5.75 Å². The molecule has 4 N–H and O–H groups in total. The van der Waals surface area contributed by atoms with Crippen molar-refractivity contribution < 1.29 is 14.3 Å². The number of methoxy groups -OCH3 is 1. The number of nitrogens with one attached hydrogen (secondary N) is 2. The lowest BCUT2D eigenvalue weighted by Crippen LogP contribution is -2.39. The van der Waals surface area contributed by atoms with Gasteiger partial charge in [0.15, 0.2) is 0 Å². The second-order valence-corrected chi connectivity index (χ2v) is 3.64. The minimum absolute atomic E-state index is 0.350. The summed E-state index contributed by atoms with van der Waals surface area (Å²) in [7, 11) is 1.43. The van der Waals surface area contributed by atoms with Gasteiger partial charge in [-0.2, -0.15) is 0 Å². The number of aryl methyl sites for hydroxylation is 1. The van der Waals surface area contributed by atoms with E-state index in [-0.39, 0.29) is 0 Å². The molecular formula is C10H12ClN3O3. The van der Waals surface area contributed by atoms with E-state index in [9.17, 15) is 9.59 Å². The molecular weight excluding hydrogens is 246 g/mol. The zero-order chi connectivity index (χ0) is 13.0. The van der Waals surface area contributed by atoms with E-state index in [1.54, 1.807) is 24.5 Å². The predicted octanol–water partition coefficient (Wildman–Crippen LogP) is 0.585. The second-order valence-electron chi connectivity index (χ2n) is 3.23. The molecule has 0 saturated carbocycles. The Balaban J connectivity index is 3.01. The van der Waals surface area contributed by atoms with Crippen LogP contribution >= 0.6 is 11.6 Å². The van der Waals surface area contributed by atoms with Gasteiger partial charge in [0.25, 0.3) is 0 Å². The molecule has 0 aliphatic carbocycles. The summed E-state index contributed by atoms with van der Waals surface area (Å²) < 4.78 is 5.03. The highest BCUT2D eigenvalue weighted by Crippen LogP contribution is 2.30. The molecule has 0 heterocycles. The molecule has 0 unspecified atom stereocenters. The summed E-state index contributed by atoms with van der Waals surface area (Å²) in [6.45, 7) is 1.76. The maximum absolute atomic E-state index is 11.3. The lowest BCUT2D eigenvalue weighted by molar-refractivity contribution is -0.136. The largest absolute Gasteiger partial charge is 0.495 e. The van der Waals surface area contributed by atoms with Crippen LogP contribution in [0.25, 0.3) is 0 Å². The highest BCUT2D eigenvalue weighted by molar-refractivity contribution is 6.39. The number of halogens is 1. The Bertz CT molecular complexity index is 462. The van der Waals surface area contributed by atoms with Crippen LogP contribution in [0.5, 0.6) is 5.75 Å². The predicted molar refractivity (Wildman–Crippen MR) is 63.7 cm³/mol. The van der Waals surface area contributed by atoms with Gasteiger partial charge in [-0.25, -0.2) is 5.84 Å². The molecule has 0 aliphatic heterocycles. The number of benzene rings is 1. The molecule has 92 valence electrons. The second kappa shape index (κ2) is 5.51. The molecule has 1 aromatic rings. The van der Waals surface area contributed by atoms with E-state index < -0.39 is 11.8 Å². The monoisotopic (exact) mass is 257 g/mol. The zero-order valence-electron chi connectivity index (χ0n) is 9.33. The number of carbonyl (C=O) groups is 2. The normalized spacial score (nSPS) is 9.65. The number of amides is 2. The Morgan fingerprint density at radius 3 is 2.53 bits per heavy atom. The van der Waals surface area contributed by atoms with Gasteiger partial charge in [-0.1, -0.05) is 11.6 Å². The van der Waals surface area contributed by atoms with Crippen molar-refractivity contribution in [3.63, 3.8) is 0 Å². The van der Waals surface area contributed by atoms with Crippen LogP contribution in [-0.4, -0.2) is 18.9 Å². The molecule has 0 spiro atoms. The summed E-state index contributed by atoms with van der Waals surface area (Å²) in [6, 6.07) is 3.15. The molecule has 0 fully saturated rings. The molecule has 6 nitrogen and oxygen atoms in total. The van der Waals surface area contributed by atoms with Crippen molar-refractivity contribution in [3.8, 4) is 5.75 Å². The lowest BCUT2D eigenvalue weighted by Gasteiger charge is -2.11. The van der Waals surface area contributed by atoms with E-state index in [1.165, 1.54) is 7.11 Å². The van der Waals surface area contributed by atoms with Gasteiger partial charge in [-0.05, 0) is 18.6 Å². The summed E-state index contributed by atoms with van der Waals surface area (Å²) >= 11 is 5.90. The first-order valence-corrected chi connectivity index (χ1v) is 5.03. The molecule has 7 heteroatoms. The van der Waals surface area contributed by atoms with Gasteiger partial charge in [-0.15, -0.1) is 0 Å². The number of anilines is 1. The number of hydrogen-bond donors (Lipinski definition) is 3. The van der Waals surface area contributed by atoms with Gasteiger partial charge in [0, 0.05) is 11.1 Å². The third-order valence-electron chi connectivity index (χ3n) is 2.07. The van der Waals surface area contributed by atoms with Crippen molar-refractivity contribution in [2.24, 2.45) is 5.84 Å². The van der Waals surface area contributed by atoms with Crippen LogP contribution in [0, 0.1) is 6.92 Å². The zero-order valence-corrected chi connectivity index (χ0v) is 10.1. The first kappa shape index (κ1) is 13.3. The lowest BCUT2D eigenvalue weighted by atomic mass is 10.2. The Labute approximate surface area is 103 Å². The summed E-state index contributed by atoms with van der Waals surface area (Å²) in [5.74, 6) is 3.37. The molecule has 0 aliphatic rings. The average Bonchev–Trinajstić information content (AvgIpc) is 2.32. The fourth-order valence-electron chi connectivity index (χ4n) is 1.17. The van der Waals surface area contributed by atoms with Gasteiger partial charge < -0.3 is 10.1 Å². The smallest absolute Gasteiger partial charge is 0.323 e. The Morgan fingerprint density at radius 1 is 1.35 bits per heavy atom. The number of hydrazine groups is 1. The van der Waals surface area contributed by atoms with Crippen LogP contribution in [0.2, 0.25) is 5.02 Å². The Hall–Kier alpha value is -1.79. The molecule has 0 aromatic heterocycles. The van der Waals surface area contributed by atoms with Crippen LogP contribution < -0.4 is 21.3 Å². The SMILES string of the molecule is COc1cc(Cl)c(C)cc1NC(=O)C(=O)NN. The molecule has 1 aromatic carbocycles. The first-order valence-electron chi connectivity index (χ1n) is 4.65. The summed E-state index contributed by atoms with van der Waals surface area (Å²) in [4.78, 5) is 22.3. The average molecular weight is 258 g/mol. The van der Waals surface area contributed by atoms with Crippen LogP contribution in [0.4, 0.5) is 5.69 Å². The van der Waals surface area contributed by atoms with E-state index in [4.69, 9.17) is 22.2 Å². The van der Waals surface area contributed by atoms with Crippen LogP contribution in [0.15, 0.2) is 12.1 Å². The number of nitrogens with two attached hydrogens (primary N) is 1. The Morgan fingerprint density at radius 2 is 2.00 bits per heavy atom. The van der Waals surface area contributed by atoms with Crippen LogP contribution in [0.1, 0.15) is 5.56 Å². The quantitative estimate of drug-likeness (QED) is 0.313. The number of hydrogen-bond acceptors (Lipinski definition) is 4. The highest BCUT2D eigenvalue weighted by Gasteiger charge is 2.15. The fourth-order valence-corrected chi connectivity index (χ4v) is 1.33. The Kier molecular flexibility index (Phi) is 4.30. The third kappa shape index (κ3) is 3.08. The summed E-state index contributed by atoms with van der Waals surface area (Å²) in [5.41, 5.74) is 2.83. The molecule has 0 bridgehead atoms. The molecule has 2 amide bonds.